The molecule has 1 saturated heterocycles. The number of aromatic nitrogens is 3. The van der Waals surface area contributed by atoms with E-state index in [0.29, 0.717) is 5.69 Å². The highest BCUT2D eigenvalue weighted by Gasteiger charge is 2.41. The Morgan fingerprint density at radius 2 is 1.87 bits per heavy atom. The van der Waals surface area contributed by atoms with Gasteiger partial charge in [0.25, 0.3) is 6.43 Å². The number of carbonyl (C=O) groups is 1. The minimum atomic E-state index is -2.45. The first-order chi connectivity index (χ1) is 14.7. The maximum absolute atomic E-state index is 15.2. The monoisotopic (exact) mass is 430 g/mol. The van der Waals surface area contributed by atoms with Crippen molar-refractivity contribution in [2.75, 3.05) is 19.6 Å². The molecule has 0 N–H and O–H groups in total. The van der Waals surface area contributed by atoms with E-state index in [-0.39, 0.29) is 38.9 Å². The Hall–Kier alpha value is -2.74. The summed E-state index contributed by atoms with van der Waals surface area (Å²) in [4.78, 5) is 22.9. The van der Waals surface area contributed by atoms with Gasteiger partial charge in [-0.2, -0.15) is 0 Å². The quantitative estimate of drug-likeness (QED) is 0.590. The summed E-state index contributed by atoms with van der Waals surface area (Å²) in [7, 11) is 1.95. The van der Waals surface area contributed by atoms with Gasteiger partial charge in [-0.25, -0.2) is 18.2 Å². The third-order valence-corrected chi connectivity index (χ3v) is 6.18. The van der Waals surface area contributed by atoms with Gasteiger partial charge in [0, 0.05) is 55.8 Å². The molecule has 3 aromatic rings. The number of hydrogen-bond acceptors (Lipinski definition) is 4. The summed E-state index contributed by atoms with van der Waals surface area (Å²) >= 11 is 0. The molecule has 0 bridgehead atoms. The maximum atomic E-state index is 15.2. The van der Waals surface area contributed by atoms with Crippen molar-refractivity contribution in [3.63, 3.8) is 0 Å². The lowest BCUT2D eigenvalue weighted by molar-refractivity contribution is -0.133. The maximum Gasteiger partial charge on any atom is 0.251 e. The number of piperidine rings is 1. The highest BCUT2D eigenvalue weighted by molar-refractivity contribution is 5.91. The molecule has 0 unspecified atom stereocenters. The summed E-state index contributed by atoms with van der Waals surface area (Å²) in [6, 6.07) is 7.78. The number of imidazole rings is 1. The number of aryl methyl sites for hydroxylation is 1. The van der Waals surface area contributed by atoms with E-state index < -0.39 is 17.9 Å². The van der Waals surface area contributed by atoms with Crippen LogP contribution in [0.2, 0.25) is 0 Å². The van der Waals surface area contributed by atoms with Crippen LogP contribution in [0.25, 0.3) is 22.0 Å². The number of halogens is 3. The van der Waals surface area contributed by atoms with E-state index in [4.69, 9.17) is 0 Å². The van der Waals surface area contributed by atoms with Crippen LogP contribution < -0.4 is 0 Å². The normalized spacial score (nSPS) is 16.8. The number of nitrogens with zero attached hydrogens (tertiary/aromatic N) is 4. The average molecular weight is 430 g/mol. The molecule has 0 amide bonds. The molecule has 0 atom stereocenters. The lowest BCUT2D eigenvalue weighted by atomic mass is 9.87. The highest BCUT2D eigenvalue weighted by atomic mass is 19.3. The van der Waals surface area contributed by atoms with Crippen LogP contribution in [0.4, 0.5) is 13.2 Å². The summed E-state index contributed by atoms with van der Waals surface area (Å²) < 4.78 is 42.3. The topological polar surface area (TPSA) is 51.0 Å². The van der Waals surface area contributed by atoms with Crippen LogP contribution in [0, 0.1) is 6.92 Å². The number of pyridine rings is 1. The van der Waals surface area contributed by atoms with Crippen LogP contribution >= 0.6 is 0 Å². The fourth-order valence-corrected chi connectivity index (χ4v) is 4.10. The first kappa shape index (κ1) is 21.5. The Kier molecular flexibility index (Phi) is 5.83. The summed E-state index contributed by atoms with van der Waals surface area (Å²) in [5.41, 5.74) is 0.492. The van der Waals surface area contributed by atoms with Crippen molar-refractivity contribution in [2.45, 2.75) is 38.3 Å². The zero-order chi connectivity index (χ0) is 22.2. The van der Waals surface area contributed by atoms with Crippen LogP contribution in [-0.2, 0) is 18.3 Å². The van der Waals surface area contributed by atoms with Crippen molar-refractivity contribution >= 4 is 16.6 Å². The summed E-state index contributed by atoms with van der Waals surface area (Å²) in [6.45, 7) is 1.87. The standard InChI is InChI=1S/C23H25F3N4O/c1-15-27-13-20(29(15)2)16-3-4-17-12-28-19(10-18(17)9-16)11-21(31)23(26)5-7-30(8-6-23)14-22(24)25/h3-4,9-10,12-13,22H,5-8,11,14H2,1-2H3. The molecule has 0 aliphatic carbocycles. The molecule has 164 valence electrons. The fraction of sp³-hybridized carbons (Fsp3) is 0.435. The van der Waals surface area contributed by atoms with E-state index in [0.717, 1.165) is 27.9 Å². The second-order valence-electron chi connectivity index (χ2n) is 8.24. The predicted octanol–water partition coefficient (Wildman–Crippen LogP) is 4.12. The average Bonchev–Trinajstić information content (AvgIpc) is 3.07. The largest absolute Gasteiger partial charge is 0.331 e. The molecule has 2 aromatic heterocycles. The van der Waals surface area contributed by atoms with Crippen molar-refractivity contribution in [3.05, 3.63) is 48.2 Å². The Labute approximate surface area is 178 Å². The van der Waals surface area contributed by atoms with Gasteiger partial charge in [-0.15, -0.1) is 0 Å². The molecule has 1 aliphatic rings. The molecule has 8 heteroatoms. The van der Waals surface area contributed by atoms with Crippen molar-refractivity contribution in [1.29, 1.82) is 0 Å². The Balaban J connectivity index is 1.50. The Bertz CT molecular complexity index is 1100. The molecule has 5 nitrogen and oxygen atoms in total. The van der Waals surface area contributed by atoms with Crippen molar-refractivity contribution in [2.24, 2.45) is 7.05 Å². The minimum absolute atomic E-state index is 0.0594. The molecule has 0 spiro atoms. The van der Waals surface area contributed by atoms with Gasteiger partial charge in [0.1, 0.15) is 5.82 Å². The molecule has 1 fully saturated rings. The highest BCUT2D eigenvalue weighted by Crippen LogP contribution is 2.30. The molecule has 1 aliphatic heterocycles. The number of ketones is 1. The molecule has 4 rings (SSSR count). The number of hydrogen-bond donors (Lipinski definition) is 0. The van der Waals surface area contributed by atoms with E-state index >= 15 is 4.39 Å². The molecular formula is C23H25F3N4O. The molecular weight excluding hydrogens is 405 g/mol. The van der Waals surface area contributed by atoms with E-state index in [1.165, 1.54) is 4.90 Å². The number of Topliss-reactive ketones (excluding diaryl/α,β-unsaturated/α-hetero) is 1. The second-order valence-corrected chi connectivity index (χ2v) is 8.24. The van der Waals surface area contributed by atoms with Crippen molar-refractivity contribution in [1.82, 2.24) is 19.4 Å². The molecule has 3 heterocycles. The second kappa shape index (κ2) is 8.42. The van der Waals surface area contributed by atoms with Gasteiger partial charge in [-0.05, 0) is 24.4 Å². The van der Waals surface area contributed by atoms with Gasteiger partial charge >= 0.3 is 0 Å². The van der Waals surface area contributed by atoms with Gasteiger partial charge < -0.3 is 4.57 Å². The van der Waals surface area contributed by atoms with Crippen LogP contribution in [0.15, 0.2) is 36.7 Å². The molecule has 0 saturated carbocycles. The van der Waals surface area contributed by atoms with Crippen molar-refractivity contribution < 1.29 is 18.0 Å². The van der Waals surface area contributed by atoms with E-state index in [9.17, 15) is 13.6 Å². The third-order valence-electron chi connectivity index (χ3n) is 6.18. The van der Waals surface area contributed by atoms with Crippen LogP contribution in [-0.4, -0.2) is 56.9 Å². The summed E-state index contributed by atoms with van der Waals surface area (Å²) in [5.74, 6) is 0.374. The third kappa shape index (κ3) is 4.49. The lowest BCUT2D eigenvalue weighted by Crippen LogP contribution is -2.48. The van der Waals surface area contributed by atoms with Crippen LogP contribution in [0.1, 0.15) is 24.4 Å². The predicted molar refractivity (Wildman–Crippen MR) is 113 cm³/mol. The number of likely N-dealkylation sites (tertiary alicyclic amines) is 1. The summed E-state index contributed by atoms with van der Waals surface area (Å²) in [6.07, 6.45) is 0.814. The number of alkyl halides is 3. The zero-order valence-corrected chi connectivity index (χ0v) is 17.6. The number of rotatable bonds is 6. The number of carbonyl (C=O) groups excluding carboxylic acids is 1. The fourth-order valence-electron chi connectivity index (χ4n) is 4.10. The molecule has 0 radical (unpaired) electrons. The van der Waals surface area contributed by atoms with Crippen LogP contribution in [0.3, 0.4) is 0 Å². The Morgan fingerprint density at radius 3 is 2.52 bits per heavy atom. The van der Waals surface area contributed by atoms with Gasteiger partial charge in [-0.3, -0.25) is 14.7 Å². The van der Waals surface area contributed by atoms with Gasteiger partial charge in [0.15, 0.2) is 11.5 Å². The minimum Gasteiger partial charge on any atom is -0.331 e. The van der Waals surface area contributed by atoms with E-state index in [2.05, 4.69) is 9.97 Å². The number of benzene rings is 1. The lowest BCUT2D eigenvalue weighted by Gasteiger charge is -2.35. The van der Waals surface area contributed by atoms with E-state index in [1.54, 1.807) is 6.20 Å². The smallest absolute Gasteiger partial charge is 0.251 e. The van der Waals surface area contributed by atoms with Crippen molar-refractivity contribution in [3.8, 4) is 11.3 Å². The van der Waals surface area contributed by atoms with E-state index in [1.807, 2.05) is 49.0 Å². The first-order valence-electron chi connectivity index (χ1n) is 10.4. The summed E-state index contributed by atoms with van der Waals surface area (Å²) in [5, 5.41) is 1.84. The zero-order valence-electron chi connectivity index (χ0n) is 17.6. The van der Waals surface area contributed by atoms with Crippen LogP contribution in [0.5, 0.6) is 0 Å². The SMILES string of the molecule is Cc1ncc(-c2ccc3cnc(CC(=O)C4(F)CCN(CC(F)F)CC4)cc3c2)n1C. The van der Waals surface area contributed by atoms with Gasteiger partial charge in [0.05, 0.1) is 24.9 Å². The molecule has 31 heavy (non-hydrogen) atoms. The number of fused-ring (bicyclic) bond motifs is 1. The molecule has 1 aromatic carbocycles. The van der Waals surface area contributed by atoms with Gasteiger partial charge in [-0.1, -0.05) is 12.1 Å². The first-order valence-corrected chi connectivity index (χ1v) is 10.4. The Morgan fingerprint density at radius 1 is 1.13 bits per heavy atom. The van der Waals surface area contributed by atoms with Gasteiger partial charge in [0.2, 0.25) is 0 Å².